The maximum atomic E-state index is 12.9. The minimum absolute atomic E-state index is 0.260. The molecule has 3 rings (SSSR count). The number of hydrogen-bond acceptors (Lipinski definition) is 4. The van der Waals surface area contributed by atoms with Crippen LogP contribution in [0.15, 0.2) is 54.6 Å². The molecular formula is C20H18ClFN4O. The molecule has 0 aliphatic rings. The van der Waals surface area contributed by atoms with E-state index in [0.717, 1.165) is 5.56 Å². The van der Waals surface area contributed by atoms with E-state index in [4.69, 9.17) is 11.6 Å². The molecule has 0 atom stereocenters. The average Bonchev–Trinajstić information content (AvgIpc) is 2.65. The van der Waals surface area contributed by atoms with Gasteiger partial charge in [-0.25, -0.2) is 14.4 Å². The molecule has 1 heterocycles. The van der Waals surface area contributed by atoms with Gasteiger partial charge >= 0.3 is 0 Å². The first-order chi connectivity index (χ1) is 13.0. The number of amides is 1. The van der Waals surface area contributed by atoms with Gasteiger partial charge in [0, 0.05) is 12.2 Å². The number of halogens is 2. The molecule has 27 heavy (non-hydrogen) atoms. The van der Waals surface area contributed by atoms with Crippen molar-refractivity contribution in [1.82, 2.24) is 15.3 Å². The van der Waals surface area contributed by atoms with Gasteiger partial charge in [-0.15, -0.1) is 0 Å². The highest BCUT2D eigenvalue weighted by atomic mass is 35.5. The molecule has 7 heteroatoms. The van der Waals surface area contributed by atoms with Crippen LogP contribution in [0.25, 0.3) is 0 Å². The summed E-state index contributed by atoms with van der Waals surface area (Å²) in [6.07, 6.45) is 0.598. The number of aromatic nitrogens is 2. The number of carbonyl (C=O) groups excluding carboxylic acids is 1. The van der Waals surface area contributed by atoms with Crippen LogP contribution in [0, 0.1) is 12.7 Å². The number of anilines is 2. The fourth-order valence-corrected chi connectivity index (χ4v) is 2.67. The van der Waals surface area contributed by atoms with Crippen molar-refractivity contribution in [3.63, 3.8) is 0 Å². The molecule has 1 aromatic heterocycles. The van der Waals surface area contributed by atoms with Crippen molar-refractivity contribution in [3.8, 4) is 0 Å². The fourth-order valence-electron chi connectivity index (χ4n) is 2.49. The van der Waals surface area contributed by atoms with E-state index in [1.807, 2.05) is 12.1 Å². The van der Waals surface area contributed by atoms with Crippen LogP contribution in [0.4, 0.5) is 16.0 Å². The van der Waals surface area contributed by atoms with Crippen LogP contribution in [0.2, 0.25) is 5.02 Å². The number of benzene rings is 2. The Morgan fingerprint density at radius 3 is 2.59 bits per heavy atom. The molecule has 0 bridgehead atoms. The summed E-state index contributed by atoms with van der Waals surface area (Å²) in [5.41, 5.74) is 2.52. The summed E-state index contributed by atoms with van der Waals surface area (Å²) in [5.74, 6) is -0.283. The smallest absolute Gasteiger partial charge is 0.270 e. The summed E-state index contributed by atoms with van der Waals surface area (Å²) < 4.78 is 12.9. The highest BCUT2D eigenvalue weighted by Gasteiger charge is 2.11. The summed E-state index contributed by atoms with van der Waals surface area (Å²) >= 11 is 6.13. The van der Waals surface area contributed by atoms with Crippen molar-refractivity contribution in [3.05, 3.63) is 82.4 Å². The summed E-state index contributed by atoms with van der Waals surface area (Å²) in [6.45, 7) is 2.20. The predicted octanol–water partition coefficient (Wildman–Crippen LogP) is 4.29. The predicted molar refractivity (Wildman–Crippen MR) is 104 cm³/mol. The summed E-state index contributed by atoms with van der Waals surface area (Å²) in [5, 5.41) is 6.38. The molecule has 5 nitrogen and oxygen atoms in total. The zero-order chi connectivity index (χ0) is 19.2. The van der Waals surface area contributed by atoms with E-state index < -0.39 is 0 Å². The van der Waals surface area contributed by atoms with Crippen molar-refractivity contribution in [1.29, 1.82) is 0 Å². The minimum atomic E-state index is -0.301. The van der Waals surface area contributed by atoms with Gasteiger partial charge in [0.2, 0.25) is 5.95 Å². The van der Waals surface area contributed by atoms with Crippen LogP contribution in [0.3, 0.4) is 0 Å². The summed E-state index contributed by atoms with van der Waals surface area (Å²) in [4.78, 5) is 21.0. The molecule has 138 valence electrons. The topological polar surface area (TPSA) is 66.9 Å². The van der Waals surface area contributed by atoms with Crippen molar-refractivity contribution in [2.24, 2.45) is 0 Å². The Bertz CT molecular complexity index is 947. The highest BCUT2D eigenvalue weighted by Crippen LogP contribution is 2.23. The first-order valence-electron chi connectivity index (χ1n) is 8.41. The molecule has 0 fully saturated rings. The quantitative estimate of drug-likeness (QED) is 0.665. The number of aryl methyl sites for hydroxylation is 1. The van der Waals surface area contributed by atoms with Gasteiger partial charge in [0.1, 0.15) is 11.5 Å². The lowest BCUT2D eigenvalue weighted by atomic mass is 10.1. The van der Waals surface area contributed by atoms with Crippen LogP contribution in [-0.4, -0.2) is 22.4 Å². The van der Waals surface area contributed by atoms with E-state index in [1.54, 1.807) is 37.3 Å². The zero-order valence-corrected chi connectivity index (χ0v) is 15.4. The summed E-state index contributed by atoms with van der Waals surface area (Å²) in [7, 11) is 0. The third kappa shape index (κ3) is 5.24. The number of nitrogens with one attached hydrogen (secondary N) is 2. The number of nitrogens with zero attached hydrogens (tertiary/aromatic N) is 2. The molecule has 0 spiro atoms. The molecule has 0 saturated heterocycles. The lowest BCUT2D eigenvalue weighted by Crippen LogP contribution is -2.27. The van der Waals surface area contributed by atoms with Gasteiger partial charge in [-0.05, 0) is 49.2 Å². The molecule has 0 aliphatic heterocycles. The van der Waals surface area contributed by atoms with E-state index in [0.29, 0.717) is 35.3 Å². The van der Waals surface area contributed by atoms with Crippen LogP contribution in [-0.2, 0) is 6.42 Å². The van der Waals surface area contributed by atoms with Crippen molar-refractivity contribution in [2.45, 2.75) is 13.3 Å². The number of hydrogen-bond donors (Lipinski definition) is 2. The first-order valence-corrected chi connectivity index (χ1v) is 8.79. The van der Waals surface area contributed by atoms with Crippen molar-refractivity contribution in [2.75, 3.05) is 11.9 Å². The molecule has 2 N–H and O–H groups in total. The van der Waals surface area contributed by atoms with Gasteiger partial charge in [0.25, 0.3) is 5.91 Å². The van der Waals surface area contributed by atoms with E-state index in [-0.39, 0.29) is 17.4 Å². The van der Waals surface area contributed by atoms with E-state index in [2.05, 4.69) is 20.6 Å². The monoisotopic (exact) mass is 384 g/mol. The SMILES string of the molecule is Cc1cc(C(=O)NCCc2ccc(F)cc2)nc(Nc2ccccc2Cl)n1. The fraction of sp³-hybridized carbons (Fsp3) is 0.150. The van der Waals surface area contributed by atoms with Crippen molar-refractivity contribution >= 4 is 29.1 Å². The number of carbonyl (C=O) groups is 1. The number of rotatable bonds is 6. The second-order valence-corrected chi connectivity index (χ2v) is 6.36. The van der Waals surface area contributed by atoms with Gasteiger partial charge in [-0.1, -0.05) is 35.9 Å². The van der Waals surface area contributed by atoms with E-state index >= 15 is 0 Å². The Hall–Kier alpha value is -2.99. The lowest BCUT2D eigenvalue weighted by molar-refractivity contribution is 0.0949. The van der Waals surface area contributed by atoms with Crippen molar-refractivity contribution < 1.29 is 9.18 Å². The largest absolute Gasteiger partial charge is 0.350 e. The Kier molecular flexibility index (Phi) is 5.98. The average molecular weight is 385 g/mol. The zero-order valence-electron chi connectivity index (χ0n) is 14.7. The summed E-state index contributed by atoms with van der Waals surface area (Å²) in [6, 6.07) is 15.0. The van der Waals surface area contributed by atoms with Gasteiger partial charge in [0.05, 0.1) is 10.7 Å². The molecule has 0 aliphatic carbocycles. The second-order valence-electron chi connectivity index (χ2n) is 5.96. The van der Waals surface area contributed by atoms with Gasteiger partial charge < -0.3 is 10.6 Å². The molecule has 3 aromatic rings. The maximum absolute atomic E-state index is 12.9. The first kappa shape index (κ1) is 18.8. The van der Waals surface area contributed by atoms with E-state index in [9.17, 15) is 9.18 Å². The standard InChI is InChI=1S/C20H18ClFN4O/c1-13-12-18(19(27)23-11-10-14-6-8-15(22)9-7-14)26-20(24-13)25-17-5-3-2-4-16(17)21/h2-9,12H,10-11H2,1H3,(H,23,27)(H,24,25,26). The normalized spacial score (nSPS) is 10.5. The molecule has 2 aromatic carbocycles. The highest BCUT2D eigenvalue weighted by molar-refractivity contribution is 6.33. The van der Waals surface area contributed by atoms with E-state index in [1.165, 1.54) is 12.1 Å². The van der Waals surface area contributed by atoms with Crippen LogP contribution in [0.5, 0.6) is 0 Å². The van der Waals surface area contributed by atoms with Gasteiger partial charge in [0.15, 0.2) is 0 Å². The molecule has 0 unspecified atom stereocenters. The Morgan fingerprint density at radius 2 is 1.85 bits per heavy atom. The molecular weight excluding hydrogens is 367 g/mol. The minimum Gasteiger partial charge on any atom is -0.350 e. The maximum Gasteiger partial charge on any atom is 0.270 e. The van der Waals surface area contributed by atoms with Gasteiger partial charge in [-0.2, -0.15) is 0 Å². The Morgan fingerprint density at radius 1 is 1.11 bits per heavy atom. The van der Waals surface area contributed by atoms with Crippen LogP contribution >= 0.6 is 11.6 Å². The second kappa shape index (κ2) is 8.60. The Labute approximate surface area is 161 Å². The third-order valence-electron chi connectivity index (χ3n) is 3.82. The lowest BCUT2D eigenvalue weighted by Gasteiger charge is -2.10. The van der Waals surface area contributed by atoms with Gasteiger partial charge in [-0.3, -0.25) is 4.79 Å². The van der Waals surface area contributed by atoms with Crippen LogP contribution in [0.1, 0.15) is 21.7 Å². The molecule has 0 radical (unpaired) electrons. The van der Waals surface area contributed by atoms with Crippen LogP contribution < -0.4 is 10.6 Å². The number of para-hydroxylation sites is 1. The molecule has 1 amide bonds. The molecule has 0 saturated carbocycles. The Balaban J connectivity index is 1.65. The third-order valence-corrected chi connectivity index (χ3v) is 4.15.